The molecule has 0 saturated carbocycles. The number of nitriles is 1. The molecule has 0 saturated heterocycles. The molecule has 1 aliphatic heterocycles. The minimum Gasteiger partial charge on any atom is -0.343 e. The van der Waals surface area contributed by atoms with E-state index in [0.717, 1.165) is 16.8 Å². The molecule has 0 radical (unpaired) electrons. The number of nitrogens with zero attached hydrogens (tertiary/aromatic N) is 2. The summed E-state index contributed by atoms with van der Waals surface area (Å²) in [6.07, 6.45) is 3.62. The Morgan fingerprint density at radius 2 is 2.35 bits per heavy atom. The lowest BCUT2D eigenvalue weighted by Gasteiger charge is -2.30. The summed E-state index contributed by atoms with van der Waals surface area (Å²) >= 11 is 0. The summed E-state index contributed by atoms with van der Waals surface area (Å²) in [6.45, 7) is 6.43. The van der Waals surface area contributed by atoms with Crippen molar-refractivity contribution in [1.82, 2.24) is 0 Å². The van der Waals surface area contributed by atoms with E-state index in [-0.39, 0.29) is 6.04 Å². The Labute approximate surface area is 101 Å². The predicted octanol–water partition coefficient (Wildman–Crippen LogP) is 2.41. The monoisotopic (exact) mass is 225 g/mol. The van der Waals surface area contributed by atoms with Gasteiger partial charge in [0.25, 0.3) is 0 Å². The van der Waals surface area contributed by atoms with Crippen LogP contribution >= 0.6 is 0 Å². The quantitative estimate of drug-likeness (QED) is 0.786. The molecule has 0 bridgehead atoms. The molecule has 1 heterocycles. The minimum absolute atomic E-state index is 0.323. The summed E-state index contributed by atoms with van der Waals surface area (Å²) in [5.74, 6) is 0. The number of aryl methyl sites for hydroxylation is 1. The SMILES string of the molecule is C=CCN1C=C(C#N)C(N)c2cc(C)ccc21. The predicted molar refractivity (Wildman–Crippen MR) is 69.3 cm³/mol. The molecule has 0 aromatic heterocycles. The second-order valence-corrected chi connectivity index (χ2v) is 4.18. The molecule has 0 spiro atoms. The van der Waals surface area contributed by atoms with E-state index in [1.807, 2.05) is 42.3 Å². The molecule has 3 nitrogen and oxygen atoms in total. The van der Waals surface area contributed by atoms with Gasteiger partial charge in [-0.05, 0) is 18.6 Å². The minimum atomic E-state index is -0.323. The van der Waals surface area contributed by atoms with Crippen molar-refractivity contribution in [1.29, 1.82) is 5.26 Å². The van der Waals surface area contributed by atoms with Crippen molar-refractivity contribution in [3.63, 3.8) is 0 Å². The van der Waals surface area contributed by atoms with Gasteiger partial charge in [0.1, 0.15) is 0 Å². The van der Waals surface area contributed by atoms with Gasteiger partial charge >= 0.3 is 0 Å². The summed E-state index contributed by atoms with van der Waals surface area (Å²) in [6, 6.07) is 7.97. The van der Waals surface area contributed by atoms with Crippen LogP contribution in [-0.4, -0.2) is 6.54 Å². The van der Waals surface area contributed by atoms with E-state index in [0.29, 0.717) is 12.1 Å². The molecular weight excluding hydrogens is 210 g/mol. The first kappa shape index (κ1) is 11.4. The zero-order chi connectivity index (χ0) is 12.4. The maximum absolute atomic E-state index is 9.09. The van der Waals surface area contributed by atoms with Crippen LogP contribution in [-0.2, 0) is 0 Å². The maximum Gasteiger partial charge on any atom is 0.0982 e. The lowest BCUT2D eigenvalue weighted by molar-refractivity contribution is 0.829. The van der Waals surface area contributed by atoms with E-state index in [4.69, 9.17) is 11.0 Å². The number of hydrogen-bond donors (Lipinski definition) is 1. The molecule has 2 rings (SSSR count). The highest BCUT2D eigenvalue weighted by atomic mass is 15.1. The van der Waals surface area contributed by atoms with Gasteiger partial charge in [0, 0.05) is 18.4 Å². The number of anilines is 1. The Balaban J connectivity index is 2.55. The molecule has 1 aromatic carbocycles. The fourth-order valence-corrected chi connectivity index (χ4v) is 2.06. The molecule has 86 valence electrons. The Morgan fingerprint density at radius 1 is 1.59 bits per heavy atom. The van der Waals surface area contributed by atoms with E-state index in [1.54, 1.807) is 0 Å². The van der Waals surface area contributed by atoms with E-state index in [2.05, 4.69) is 12.6 Å². The Hall–Kier alpha value is -2.05. The summed E-state index contributed by atoms with van der Waals surface area (Å²) in [4.78, 5) is 2.00. The summed E-state index contributed by atoms with van der Waals surface area (Å²) in [5, 5.41) is 9.09. The fraction of sp³-hybridized carbons (Fsp3) is 0.214. The number of rotatable bonds is 2. The molecule has 0 amide bonds. The molecule has 3 heteroatoms. The van der Waals surface area contributed by atoms with Crippen molar-refractivity contribution < 1.29 is 0 Å². The zero-order valence-corrected chi connectivity index (χ0v) is 9.85. The fourth-order valence-electron chi connectivity index (χ4n) is 2.06. The summed E-state index contributed by atoms with van der Waals surface area (Å²) in [5.41, 5.74) is 9.89. The Kier molecular flexibility index (Phi) is 2.99. The van der Waals surface area contributed by atoms with E-state index in [9.17, 15) is 0 Å². The lowest BCUT2D eigenvalue weighted by Crippen LogP contribution is -2.27. The average molecular weight is 225 g/mol. The normalized spacial score (nSPS) is 18.1. The third-order valence-corrected chi connectivity index (χ3v) is 2.91. The number of nitrogens with two attached hydrogens (primary N) is 1. The first-order valence-corrected chi connectivity index (χ1v) is 5.53. The average Bonchev–Trinajstić information content (AvgIpc) is 2.33. The van der Waals surface area contributed by atoms with E-state index >= 15 is 0 Å². The largest absolute Gasteiger partial charge is 0.343 e. The van der Waals surface area contributed by atoms with Crippen molar-refractivity contribution in [2.75, 3.05) is 11.4 Å². The highest BCUT2D eigenvalue weighted by Gasteiger charge is 2.23. The molecule has 0 fully saturated rings. The van der Waals surface area contributed by atoms with E-state index < -0.39 is 0 Å². The number of fused-ring (bicyclic) bond motifs is 1. The molecule has 1 atom stereocenters. The second kappa shape index (κ2) is 4.44. The van der Waals surface area contributed by atoms with Crippen molar-refractivity contribution in [3.05, 3.63) is 53.8 Å². The number of hydrogen-bond acceptors (Lipinski definition) is 3. The first-order chi connectivity index (χ1) is 8.17. The van der Waals surface area contributed by atoms with Gasteiger partial charge in [0.05, 0.1) is 17.7 Å². The Morgan fingerprint density at radius 3 is 3.00 bits per heavy atom. The molecule has 1 aromatic rings. The highest BCUT2D eigenvalue weighted by molar-refractivity contribution is 5.65. The van der Waals surface area contributed by atoms with Crippen LogP contribution in [0.25, 0.3) is 0 Å². The van der Waals surface area contributed by atoms with Crippen LogP contribution in [0.3, 0.4) is 0 Å². The van der Waals surface area contributed by atoms with Crippen LogP contribution in [0.2, 0.25) is 0 Å². The van der Waals surface area contributed by atoms with Crippen molar-refractivity contribution in [2.45, 2.75) is 13.0 Å². The van der Waals surface area contributed by atoms with Gasteiger partial charge < -0.3 is 10.6 Å². The highest BCUT2D eigenvalue weighted by Crippen LogP contribution is 2.34. The topological polar surface area (TPSA) is 53.0 Å². The standard InChI is InChI=1S/C14H15N3/c1-3-6-17-9-11(8-15)14(16)12-7-10(2)4-5-13(12)17/h3-5,7,9,14H,1,6,16H2,2H3. The van der Waals surface area contributed by atoms with Crippen LogP contribution < -0.4 is 10.6 Å². The number of benzene rings is 1. The molecule has 2 N–H and O–H groups in total. The third kappa shape index (κ3) is 1.95. The van der Waals surface area contributed by atoms with Gasteiger partial charge in [-0.25, -0.2) is 0 Å². The van der Waals surface area contributed by atoms with Crippen LogP contribution in [0, 0.1) is 18.3 Å². The third-order valence-electron chi connectivity index (χ3n) is 2.91. The summed E-state index contributed by atoms with van der Waals surface area (Å²) in [7, 11) is 0. The zero-order valence-electron chi connectivity index (χ0n) is 9.85. The maximum atomic E-state index is 9.09. The molecule has 1 unspecified atom stereocenters. The van der Waals surface area contributed by atoms with E-state index in [1.165, 1.54) is 0 Å². The molecule has 0 aliphatic carbocycles. The van der Waals surface area contributed by atoms with Gasteiger partial charge in [-0.2, -0.15) is 5.26 Å². The van der Waals surface area contributed by atoms with Crippen LogP contribution in [0.4, 0.5) is 5.69 Å². The van der Waals surface area contributed by atoms with Crippen molar-refractivity contribution in [3.8, 4) is 6.07 Å². The van der Waals surface area contributed by atoms with Gasteiger partial charge in [0.15, 0.2) is 0 Å². The van der Waals surface area contributed by atoms with Crippen LogP contribution in [0.1, 0.15) is 17.2 Å². The second-order valence-electron chi connectivity index (χ2n) is 4.18. The van der Waals surface area contributed by atoms with Gasteiger partial charge in [-0.15, -0.1) is 6.58 Å². The first-order valence-electron chi connectivity index (χ1n) is 5.53. The summed E-state index contributed by atoms with van der Waals surface area (Å²) < 4.78 is 0. The van der Waals surface area contributed by atoms with Crippen LogP contribution in [0.15, 0.2) is 42.6 Å². The van der Waals surface area contributed by atoms with Gasteiger partial charge in [-0.3, -0.25) is 0 Å². The van der Waals surface area contributed by atoms with Gasteiger partial charge in [0.2, 0.25) is 0 Å². The molecule has 17 heavy (non-hydrogen) atoms. The van der Waals surface area contributed by atoms with Crippen molar-refractivity contribution in [2.24, 2.45) is 5.73 Å². The smallest absolute Gasteiger partial charge is 0.0982 e. The lowest BCUT2D eigenvalue weighted by atomic mass is 9.94. The Bertz CT molecular complexity index is 523. The van der Waals surface area contributed by atoms with Crippen molar-refractivity contribution >= 4 is 5.69 Å². The van der Waals surface area contributed by atoms with Gasteiger partial charge in [-0.1, -0.05) is 23.8 Å². The molecular formula is C14H15N3. The van der Waals surface area contributed by atoms with Crippen LogP contribution in [0.5, 0.6) is 0 Å². The molecule has 1 aliphatic rings.